The van der Waals surface area contributed by atoms with Crippen molar-refractivity contribution in [3.05, 3.63) is 96.4 Å². The normalized spacial score (nSPS) is 14.3. The highest BCUT2D eigenvalue weighted by Gasteiger charge is 2.29. The molecule has 242 valence electrons. The van der Waals surface area contributed by atoms with Crippen LogP contribution in [0, 0.1) is 6.92 Å². The molecule has 1 aliphatic rings. The number of benzene rings is 2. The van der Waals surface area contributed by atoms with E-state index in [4.69, 9.17) is 14.5 Å². The van der Waals surface area contributed by atoms with Gasteiger partial charge in [-0.05, 0) is 55.7 Å². The molecule has 5 rings (SSSR count). The maximum atomic E-state index is 13.7. The molecule has 3 N–H and O–H groups in total. The number of ether oxygens (including phenoxy) is 2. The second-order valence-corrected chi connectivity index (χ2v) is 11.0. The zero-order valence-electron chi connectivity index (χ0n) is 26.3. The molecule has 4 aromatic rings. The van der Waals surface area contributed by atoms with Crippen LogP contribution in [0.2, 0.25) is 0 Å². The number of carbonyl (C=O) groups is 2. The Morgan fingerprint density at radius 1 is 1.07 bits per heavy atom. The number of hydrogen-bond acceptors (Lipinski definition) is 9. The second kappa shape index (κ2) is 17.0. The van der Waals surface area contributed by atoms with Crippen molar-refractivity contribution in [3.63, 3.8) is 0 Å². The number of halogens is 1. The summed E-state index contributed by atoms with van der Waals surface area (Å²) < 4.78 is 12.2. The number of rotatable bonds is 11. The van der Waals surface area contributed by atoms with Crippen molar-refractivity contribution < 1.29 is 47.6 Å². The minimum Gasteiger partial charge on any atom is -1.00 e. The molecule has 11 nitrogen and oxygen atoms in total. The minimum absolute atomic E-state index is 0. The maximum absolute atomic E-state index is 13.7. The van der Waals surface area contributed by atoms with Gasteiger partial charge in [0.25, 0.3) is 6.73 Å². The number of aromatic nitrogens is 3. The summed E-state index contributed by atoms with van der Waals surface area (Å²) in [6.07, 6.45) is 5.13. The molecule has 12 heteroatoms. The summed E-state index contributed by atoms with van der Waals surface area (Å²) in [7, 11) is 0. The van der Waals surface area contributed by atoms with Crippen LogP contribution in [0.3, 0.4) is 0 Å². The van der Waals surface area contributed by atoms with Crippen molar-refractivity contribution in [1.29, 1.82) is 0 Å². The maximum Gasteiger partial charge on any atom is 0.513 e. The van der Waals surface area contributed by atoms with Gasteiger partial charge in [0, 0.05) is 49.8 Å². The smallest absolute Gasteiger partial charge is 0.513 e. The zero-order valence-corrected chi connectivity index (χ0v) is 28.4. The number of amides is 1. The van der Waals surface area contributed by atoms with Gasteiger partial charge in [0.15, 0.2) is 12.4 Å². The number of carbonyl (C=O) groups excluding carboxylic acids is 2. The number of pyridine rings is 1. The van der Waals surface area contributed by atoms with Gasteiger partial charge in [-0.1, -0.05) is 43.3 Å². The van der Waals surface area contributed by atoms with E-state index in [9.17, 15) is 9.59 Å². The van der Waals surface area contributed by atoms with Crippen LogP contribution >= 0.6 is 0 Å². The van der Waals surface area contributed by atoms with E-state index in [1.165, 1.54) is 0 Å². The standard InChI is InChI=1S/C34H39N7O4.HI/c1-4-25(3)45-34(43)44-23-40-18-8-11-27(22-40)29-14-15-36-33(38-29)39-30-21-28(13-12-24(30)2)37-32(42)31(26-9-6-5-7-10-26)41-19-16-35-17-20-41;/h5-15,18,21-22,25,31,35H,4,16-17,19-20,23H2,1-3H3,(H-,36,37,38,39,42);1H. The van der Waals surface area contributed by atoms with Gasteiger partial charge in [0.2, 0.25) is 11.9 Å². The van der Waals surface area contributed by atoms with Crippen LogP contribution in [0.5, 0.6) is 0 Å². The molecule has 46 heavy (non-hydrogen) atoms. The summed E-state index contributed by atoms with van der Waals surface area (Å²) in [5.41, 5.74) is 4.90. The van der Waals surface area contributed by atoms with Gasteiger partial charge in [-0.3, -0.25) is 9.69 Å². The molecular weight excluding hydrogens is 697 g/mol. The molecular formula is C34H40IN7O4. The minimum atomic E-state index is -0.705. The number of nitrogens with one attached hydrogen (secondary N) is 3. The predicted octanol–water partition coefficient (Wildman–Crippen LogP) is 1.98. The summed E-state index contributed by atoms with van der Waals surface area (Å²) in [6, 6.07) is 20.8. The van der Waals surface area contributed by atoms with E-state index in [1.807, 2.05) is 93.7 Å². The van der Waals surface area contributed by atoms with Crippen LogP contribution in [-0.4, -0.2) is 59.2 Å². The van der Waals surface area contributed by atoms with E-state index >= 15 is 0 Å². The lowest BCUT2D eigenvalue weighted by Gasteiger charge is -2.34. The van der Waals surface area contributed by atoms with Gasteiger partial charge in [0.1, 0.15) is 12.1 Å². The van der Waals surface area contributed by atoms with Crippen molar-refractivity contribution in [1.82, 2.24) is 20.2 Å². The Labute approximate surface area is 286 Å². The Morgan fingerprint density at radius 3 is 2.61 bits per heavy atom. The number of anilines is 3. The van der Waals surface area contributed by atoms with Gasteiger partial charge in [-0.15, -0.1) is 0 Å². The topological polar surface area (TPSA) is 122 Å². The van der Waals surface area contributed by atoms with E-state index in [1.54, 1.807) is 17.0 Å². The molecule has 1 fully saturated rings. The highest BCUT2D eigenvalue weighted by molar-refractivity contribution is 5.96. The number of nitrogens with zero attached hydrogens (tertiary/aromatic N) is 4. The predicted molar refractivity (Wildman–Crippen MR) is 172 cm³/mol. The third kappa shape index (κ3) is 9.44. The van der Waals surface area contributed by atoms with Crippen LogP contribution in [0.25, 0.3) is 11.3 Å². The molecule has 1 aliphatic heterocycles. The Morgan fingerprint density at radius 2 is 1.85 bits per heavy atom. The van der Waals surface area contributed by atoms with Gasteiger partial charge < -0.3 is 49.4 Å². The van der Waals surface area contributed by atoms with Crippen LogP contribution in [-0.2, 0) is 21.0 Å². The lowest BCUT2D eigenvalue weighted by atomic mass is 10.0. The summed E-state index contributed by atoms with van der Waals surface area (Å²) in [5, 5.41) is 9.82. The Balaban J connectivity index is 0.00000480. The van der Waals surface area contributed by atoms with E-state index in [-0.39, 0.29) is 42.7 Å². The van der Waals surface area contributed by atoms with E-state index < -0.39 is 12.2 Å². The van der Waals surface area contributed by atoms with Crippen LogP contribution in [0.15, 0.2) is 85.3 Å². The number of piperazine rings is 1. The first-order valence-electron chi connectivity index (χ1n) is 15.2. The van der Waals surface area contributed by atoms with Crippen LogP contribution in [0.1, 0.15) is 37.4 Å². The molecule has 0 radical (unpaired) electrons. The second-order valence-electron chi connectivity index (χ2n) is 11.0. The molecule has 1 saturated heterocycles. The Kier molecular flexibility index (Phi) is 12.8. The summed E-state index contributed by atoms with van der Waals surface area (Å²) in [4.78, 5) is 37.0. The molecule has 2 aromatic carbocycles. The van der Waals surface area contributed by atoms with E-state index in [0.717, 1.165) is 48.6 Å². The molecule has 2 atom stereocenters. The molecule has 0 spiro atoms. The van der Waals surface area contributed by atoms with Gasteiger partial charge in [-0.25, -0.2) is 14.8 Å². The van der Waals surface area contributed by atoms with Gasteiger partial charge in [-0.2, -0.15) is 4.57 Å². The summed E-state index contributed by atoms with van der Waals surface area (Å²) in [5.74, 6) is 0.330. The fourth-order valence-corrected chi connectivity index (χ4v) is 5.01. The average molecular weight is 738 g/mol. The fraction of sp³-hybridized carbons (Fsp3) is 0.324. The molecule has 0 aliphatic carbocycles. The highest BCUT2D eigenvalue weighted by atomic mass is 127. The first kappa shape index (κ1) is 34.7. The van der Waals surface area contributed by atoms with Crippen molar-refractivity contribution in [2.45, 2.75) is 46.1 Å². The van der Waals surface area contributed by atoms with E-state index in [2.05, 4.69) is 25.8 Å². The SMILES string of the molecule is CCC(C)OC(=O)OC[n+]1cccc(-c2ccnc(Nc3cc(NC(=O)C(c4ccccc4)N4CCNCC4)ccc3C)n2)c1.[I-]. The van der Waals surface area contributed by atoms with Crippen LogP contribution in [0.4, 0.5) is 22.1 Å². The number of hydrogen-bond donors (Lipinski definition) is 3. The molecule has 3 heterocycles. The monoisotopic (exact) mass is 737 g/mol. The van der Waals surface area contributed by atoms with Crippen molar-refractivity contribution in [2.24, 2.45) is 0 Å². The summed E-state index contributed by atoms with van der Waals surface area (Å²) >= 11 is 0. The van der Waals surface area contributed by atoms with Gasteiger partial charge in [0.05, 0.1) is 11.3 Å². The van der Waals surface area contributed by atoms with E-state index in [0.29, 0.717) is 23.8 Å². The molecule has 2 aromatic heterocycles. The third-order valence-corrected chi connectivity index (χ3v) is 7.65. The van der Waals surface area contributed by atoms with Gasteiger partial charge >= 0.3 is 6.16 Å². The lowest BCUT2D eigenvalue weighted by molar-refractivity contribution is -0.727. The largest absolute Gasteiger partial charge is 1.00 e. The fourth-order valence-electron chi connectivity index (χ4n) is 5.01. The molecule has 0 saturated carbocycles. The highest BCUT2D eigenvalue weighted by Crippen LogP contribution is 2.27. The van der Waals surface area contributed by atoms with Crippen molar-refractivity contribution in [3.8, 4) is 11.3 Å². The Bertz CT molecular complexity index is 1600. The number of aryl methyl sites for hydroxylation is 1. The zero-order chi connectivity index (χ0) is 31.6. The lowest BCUT2D eigenvalue weighted by Crippen LogP contribution is -3.00. The Hall–Kier alpha value is -4.14. The third-order valence-electron chi connectivity index (χ3n) is 7.65. The first-order valence-corrected chi connectivity index (χ1v) is 15.2. The van der Waals surface area contributed by atoms with Crippen LogP contribution < -0.4 is 44.5 Å². The van der Waals surface area contributed by atoms with Crippen molar-refractivity contribution in [2.75, 3.05) is 36.8 Å². The first-order chi connectivity index (χ1) is 21.9. The molecule has 1 amide bonds. The molecule has 2 unspecified atom stereocenters. The summed E-state index contributed by atoms with van der Waals surface area (Å²) in [6.45, 7) is 9.03. The average Bonchev–Trinajstić information content (AvgIpc) is 3.06. The molecule has 0 bridgehead atoms. The quantitative estimate of drug-likeness (QED) is 0.121. The van der Waals surface area contributed by atoms with Crippen molar-refractivity contribution >= 4 is 29.4 Å².